The molecule has 4 heteroatoms. The standard InChI is InChI=1S/C15H22N2O2/c1-2-10-16-14-8-5-7-12(14)11-13-6-3-4-9-15(13)17(18)19/h3-4,6,9,12,14,16H,2,5,7-8,10-11H2,1H3. The molecule has 4 nitrogen and oxygen atoms in total. The molecule has 0 aliphatic heterocycles. The Labute approximate surface area is 114 Å². The number of rotatable bonds is 6. The second-order valence-electron chi connectivity index (χ2n) is 5.34. The number of nitrogens with zero attached hydrogens (tertiary/aromatic N) is 1. The molecule has 2 rings (SSSR count). The maximum Gasteiger partial charge on any atom is 0.272 e. The number of nitrogens with one attached hydrogen (secondary N) is 1. The summed E-state index contributed by atoms with van der Waals surface area (Å²) in [6, 6.07) is 7.67. The van der Waals surface area contributed by atoms with Gasteiger partial charge in [0, 0.05) is 17.7 Å². The van der Waals surface area contributed by atoms with Crippen LogP contribution in [0.3, 0.4) is 0 Å². The molecule has 1 aliphatic carbocycles. The number of nitro groups is 1. The summed E-state index contributed by atoms with van der Waals surface area (Å²) >= 11 is 0. The summed E-state index contributed by atoms with van der Waals surface area (Å²) in [5.41, 5.74) is 1.14. The van der Waals surface area contributed by atoms with Crippen molar-refractivity contribution < 1.29 is 4.92 Å². The van der Waals surface area contributed by atoms with Crippen LogP contribution in [0.25, 0.3) is 0 Å². The molecule has 0 bridgehead atoms. The highest BCUT2D eigenvalue weighted by Crippen LogP contribution is 2.31. The first-order valence-electron chi connectivity index (χ1n) is 7.18. The van der Waals surface area contributed by atoms with Gasteiger partial charge in [-0.15, -0.1) is 0 Å². The van der Waals surface area contributed by atoms with Crippen molar-refractivity contribution in [1.82, 2.24) is 5.32 Å². The Hall–Kier alpha value is -1.42. The minimum atomic E-state index is -0.265. The number of hydrogen-bond donors (Lipinski definition) is 1. The van der Waals surface area contributed by atoms with Crippen molar-refractivity contribution in [3.8, 4) is 0 Å². The van der Waals surface area contributed by atoms with Crippen LogP contribution in [0.5, 0.6) is 0 Å². The van der Waals surface area contributed by atoms with Gasteiger partial charge in [-0.2, -0.15) is 0 Å². The topological polar surface area (TPSA) is 55.2 Å². The van der Waals surface area contributed by atoms with Crippen LogP contribution in [-0.2, 0) is 6.42 Å². The van der Waals surface area contributed by atoms with Gasteiger partial charge in [-0.1, -0.05) is 31.5 Å². The molecule has 2 atom stereocenters. The van der Waals surface area contributed by atoms with Crippen LogP contribution < -0.4 is 5.32 Å². The van der Waals surface area contributed by atoms with Gasteiger partial charge in [0.25, 0.3) is 5.69 Å². The van der Waals surface area contributed by atoms with Crippen LogP contribution in [0.15, 0.2) is 24.3 Å². The van der Waals surface area contributed by atoms with Gasteiger partial charge >= 0.3 is 0 Å². The van der Waals surface area contributed by atoms with E-state index >= 15 is 0 Å². The summed E-state index contributed by atoms with van der Waals surface area (Å²) in [7, 11) is 0. The van der Waals surface area contributed by atoms with Crippen LogP contribution in [-0.4, -0.2) is 17.5 Å². The molecule has 1 saturated carbocycles. The van der Waals surface area contributed by atoms with Gasteiger partial charge in [0.1, 0.15) is 0 Å². The molecule has 1 aliphatic rings. The fraction of sp³-hybridized carbons (Fsp3) is 0.600. The Kier molecular flexibility index (Phi) is 4.91. The van der Waals surface area contributed by atoms with Crippen molar-refractivity contribution in [3.63, 3.8) is 0 Å². The molecule has 0 saturated heterocycles. The molecule has 1 aromatic rings. The second-order valence-corrected chi connectivity index (χ2v) is 5.34. The molecule has 0 spiro atoms. The molecule has 0 amide bonds. The van der Waals surface area contributed by atoms with Crippen molar-refractivity contribution in [1.29, 1.82) is 0 Å². The third kappa shape index (κ3) is 3.53. The van der Waals surface area contributed by atoms with Crippen molar-refractivity contribution in [2.24, 2.45) is 5.92 Å². The highest BCUT2D eigenvalue weighted by atomic mass is 16.6. The van der Waals surface area contributed by atoms with E-state index < -0.39 is 0 Å². The minimum Gasteiger partial charge on any atom is -0.314 e. The number of hydrogen-bond acceptors (Lipinski definition) is 3. The summed E-state index contributed by atoms with van der Waals surface area (Å²) in [5, 5.41) is 14.6. The fourth-order valence-corrected chi connectivity index (χ4v) is 3.02. The number of nitro benzene ring substituents is 1. The first kappa shape index (κ1) is 14.0. The Balaban J connectivity index is 2.05. The predicted octanol–water partition coefficient (Wildman–Crippen LogP) is 3.31. The quantitative estimate of drug-likeness (QED) is 0.632. The third-order valence-corrected chi connectivity index (χ3v) is 3.99. The molecule has 1 fully saturated rings. The first-order valence-corrected chi connectivity index (χ1v) is 7.18. The van der Waals surface area contributed by atoms with Gasteiger partial charge in [-0.25, -0.2) is 0 Å². The largest absolute Gasteiger partial charge is 0.314 e. The van der Waals surface area contributed by atoms with Gasteiger partial charge in [0.05, 0.1) is 4.92 Å². The van der Waals surface area contributed by atoms with E-state index in [0.717, 1.165) is 24.9 Å². The zero-order chi connectivity index (χ0) is 13.7. The number of para-hydroxylation sites is 1. The lowest BCUT2D eigenvalue weighted by Crippen LogP contribution is -2.33. The van der Waals surface area contributed by atoms with Crippen LogP contribution >= 0.6 is 0 Å². The maximum absolute atomic E-state index is 11.0. The van der Waals surface area contributed by atoms with E-state index in [1.165, 1.54) is 19.3 Å². The Morgan fingerprint density at radius 1 is 1.37 bits per heavy atom. The van der Waals surface area contributed by atoms with E-state index in [1.807, 2.05) is 12.1 Å². The van der Waals surface area contributed by atoms with Crippen LogP contribution in [0.4, 0.5) is 5.69 Å². The summed E-state index contributed by atoms with van der Waals surface area (Å²) in [5.74, 6) is 0.535. The van der Waals surface area contributed by atoms with Crippen molar-refractivity contribution in [2.75, 3.05) is 6.54 Å². The molecule has 1 N–H and O–H groups in total. The number of benzene rings is 1. The molecule has 0 aromatic heterocycles. The average Bonchev–Trinajstić information content (AvgIpc) is 2.84. The van der Waals surface area contributed by atoms with Crippen molar-refractivity contribution in [2.45, 2.75) is 45.1 Å². The lowest BCUT2D eigenvalue weighted by molar-refractivity contribution is -0.385. The minimum absolute atomic E-state index is 0.265. The molecule has 0 radical (unpaired) electrons. The summed E-state index contributed by atoms with van der Waals surface area (Å²) in [4.78, 5) is 10.8. The fourth-order valence-electron chi connectivity index (χ4n) is 3.02. The van der Waals surface area contributed by atoms with E-state index in [2.05, 4.69) is 12.2 Å². The molecule has 0 heterocycles. The lowest BCUT2D eigenvalue weighted by Gasteiger charge is -2.20. The normalized spacial score (nSPS) is 22.6. The van der Waals surface area contributed by atoms with E-state index in [1.54, 1.807) is 12.1 Å². The highest BCUT2D eigenvalue weighted by molar-refractivity contribution is 5.40. The Morgan fingerprint density at radius 2 is 2.16 bits per heavy atom. The monoisotopic (exact) mass is 262 g/mol. The predicted molar refractivity (Wildman–Crippen MR) is 76.2 cm³/mol. The average molecular weight is 262 g/mol. The van der Waals surface area contributed by atoms with E-state index in [9.17, 15) is 10.1 Å². The summed E-state index contributed by atoms with van der Waals surface area (Å²) in [6.45, 7) is 3.21. The van der Waals surface area contributed by atoms with E-state index in [-0.39, 0.29) is 10.6 Å². The van der Waals surface area contributed by atoms with Gasteiger partial charge in [0.2, 0.25) is 0 Å². The summed E-state index contributed by atoms with van der Waals surface area (Å²) < 4.78 is 0. The highest BCUT2D eigenvalue weighted by Gasteiger charge is 2.28. The van der Waals surface area contributed by atoms with Crippen LogP contribution in [0.2, 0.25) is 0 Å². The zero-order valence-electron chi connectivity index (χ0n) is 11.5. The Bertz CT molecular complexity index is 434. The van der Waals surface area contributed by atoms with Crippen molar-refractivity contribution >= 4 is 5.69 Å². The van der Waals surface area contributed by atoms with Gasteiger partial charge in [0.15, 0.2) is 0 Å². The first-order chi connectivity index (χ1) is 9.22. The van der Waals surface area contributed by atoms with E-state index in [4.69, 9.17) is 0 Å². The van der Waals surface area contributed by atoms with Gasteiger partial charge < -0.3 is 5.32 Å². The molecular formula is C15H22N2O2. The van der Waals surface area contributed by atoms with E-state index in [0.29, 0.717) is 12.0 Å². The maximum atomic E-state index is 11.0. The van der Waals surface area contributed by atoms with Gasteiger partial charge in [-0.3, -0.25) is 10.1 Å². The molecule has 1 aromatic carbocycles. The van der Waals surface area contributed by atoms with Crippen molar-refractivity contribution in [3.05, 3.63) is 39.9 Å². The van der Waals surface area contributed by atoms with Crippen LogP contribution in [0, 0.1) is 16.0 Å². The molecular weight excluding hydrogens is 240 g/mol. The second kappa shape index (κ2) is 6.66. The Morgan fingerprint density at radius 3 is 2.89 bits per heavy atom. The summed E-state index contributed by atoms with van der Waals surface area (Å²) in [6.07, 6.45) is 5.55. The van der Waals surface area contributed by atoms with Crippen LogP contribution in [0.1, 0.15) is 38.2 Å². The van der Waals surface area contributed by atoms with Gasteiger partial charge in [-0.05, 0) is 38.1 Å². The zero-order valence-corrected chi connectivity index (χ0v) is 11.5. The smallest absolute Gasteiger partial charge is 0.272 e. The lowest BCUT2D eigenvalue weighted by atomic mass is 9.93. The molecule has 19 heavy (non-hydrogen) atoms. The molecule has 2 unspecified atom stereocenters. The molecule has 104 valence electrons. The third-order valence-electron chi connectivity index (χ3n) is 3.99. The SMILES string of the molecule is CCCNC1CCCC1Cc1ccccc1[N+](=O)[O-].